The number of hydrogen-bond donors (Lipinski definition) is 0. The fraction of sp³-hybridized carbons (Fsp3) is 0.244. The Morgan fingerprint density at radius 2 is 1.15 bits per heavy atom. The molecule has 0 saturated heterocycles. The number of rotatable bonds is 8. The zero-order valence-electron chi connectivity index (χ0n) is 27.1. The highest BCUT2D eigenvalue weighted by molar-refractivity contribution is 5.81. The van der Waals surface area contributed by atoms with Crippen LogP contribution in [0.2, 0.25) is 0 Å². The average Bonchev–Trinajstić information content (AvgIpc) is 3.13. The summed E-state index contributed by atoms with van der Waals surface area (Å²) in [6.07, 6.45) is 13.9. The Labute approximate surface area is 272 Å². The molecule has 2 atom stereocenters. The molecule has 5 heteroatoms. The van der Waals surface area contributed by atoms with E-state index in [1.54, 1.807) is 24.8 Å². The monoisotopic (exact) mass is 602 g/mol. The van der Waals surface area contributed by atoms with E-state index in [1.807, 2.05) is 12.1 Å². The number of hydrogen-bond acceptors (Lipinski definition) is 4. The summed E-state index contributed by atoms with van der Waals surface area (Å²) in [6, 6.07) is 32.7. The molecule has 6 aromatic rings. The van der Waals surface area contributed by atoms with Gasteiger partial charge in [-0.05, 0) is 96.1 Å². The molecule has 4 heterocycles. The summed E-state index contributed by atoms with van der Waals surface area (Å²) in [5.74, 6) is 1.35. The van der Waals surface area contributed by atoms with Crippen LogP contribution < -0.4 is 4.57 Å². The Hall–Kier alpha value is -5.03. The van der Waals surface area contributed by atoms with Crippen molar-refractivity contribution in [1.82, 2.24) is 19.9 Å². The normalized spacial score (nSPS) is 18.5. The summed E-state index contributed by atoms with van der Waals surface area (Å²) in [5.41, 5.74) is 10.6. The van der Waals surface area contributed by atoms with E-state index in [4.69, 9.17) is 0 Å². The first-order valence-electron chi connectivity index (χ1n) is 16.5. The first-order chi connectivity index (χ1) is 22.5. The summed E-state index contributed by atoms with van der Waals surface area (Å²) < 4.78 is 2.60. The molecule has 7 rings (SSSR count). The lowest BCUT2D eigenvalue weighted by molar-refractivity contribution is -0.770. The van der Waals surface area contributed by atoms with Crippen LogP contribution in [0.15, 0.2) is 122 Å². The highest BCUT2D eigenvalue weighted by Gasteiger charge is 2.58. The third kappa shape index (κ3) is 4.82. The van der Waals surface area contributed by atoms with Crippen LogP contribution in [0, 0.1) is 0 Å². The number of aromatic nitrogens is 5. The van der Waals surface area contributed by atoms with Gasteiger partial charge in [0.25, 0.3) is 0 Å². The largest absolute Gasteiger partial charge is 0.237 e. The van der Waals surface area contributed by atoms with E-state index in [1.165, 1.54) is 27.9 Å². The minimum atomic E-state index is 0.0162. The summed E-state index contributed by atoms with van der Waals surface area (Å²) >= 11 is 0. The van der Waals surface area contributed by atoms with E-state index in [-0.39, 0.29) is 11.0 Å². The van der Waals surface area contributed by atoms with Crippen LogP contribution >= 0.6 is 0 Å². The minimum absolute atomic E-state index is 0.0162. The molecule has 1 aliphatic heterocycles. The molecular weight excluding hydrogens is 562 g/mol. The quantitative estimate of drug-likeness (QED) is 0.163. The maximum Gasteiger partial charge on any atom is 0.213 e. The lowest BCUT2D eigenvalue weighted by atomic mass is 9.58. The summed E-state index contributed by atoms with van der Waals surface area (Å²) in [6.45, 7) is 9.54. The molecule has 0 N–H and O–H groups in total. The number of nitrogens with zero attached hydrogens (tertiary/aromatic N) is 5. The van der Waals surface area contributed by atoms with E-state index >= 15 is 0 Å². The van der Waals surface area contributed by atoms with Crippen LogP contribution in [0.25, 0.3) is 56.3 Å². The molecule has 2 unspecified atom stereocenters. The van der Waals surface area contributed by atoms with E-state index in [9.17, 15) is 0 Å². The number of pyridine rings is 1. The molecule has 0 amide bonds. The predicted molar refractivity (Wildman–Crippen MR) is 186 cm³/mol. The van der Waals surface area contributed by atoms with E-state index in [0.29, 0.717) is 11.6 Å². The fourth-order valence-electron chi connectivity index (χ4n) is 7.86. The van der Waals surface area contributed by atoms with Crippen molar-refractivity contribution < 1.29 is 4.57 Å². The lowest BCUT2D eigenvalue weighted by Gasteiger charge is -2.48. The zero-order chi connectivity index (χ0) is 31.7. The standard InChI is InChI=1S/C41H40N5/c1-5-18-41(7-3)40(4,6-2)36-17-16-31(28-35(36)37-15-8-9-23-46(37)41)29-13-10-14-30(24-29)32-25-33(38-42-19-11-20-43-38)27-34(26-32)39-44-21-12-22-45-39/h8-17,19-28H,5-7,18H2,1-4H3/q+1. The molecule has 3 aromatic carbocycles. The Morgan fingerprint density at radius 3 is 1.76 bits per heavy atom. The Balaban J connectivity index is 1.36. The predicted octanol–water partition coefficient (Wildman–Crippen LogP) is 9.48. The van der Waals surface area contributed by atoms with Crippen molar-refractivity contribution in [1.29, 1.82) is 0 Å². The molecule has 0 fully saturated rings. The van der Waals surface area contributed by atoms with Crippen molar-refractivity contribution in [3.63, 3.8) is 0 Å². The number of benzene rings is 3. The second-order valence-electron chi connectivity index (χ2n) is 12.6. The van der Waals surface area contributed by atoms with Gasteiger partial charge < -0.3 is 0 Å². The van der Waals surface area contributed by atoms with Crippen molar-refractivity contribution >= 4 is 0 Å². The second kappa shape index (κ2) is 12.1. The zero-order valence-corrected chi connectivity index (χ0v) is 27.1. The third-order valence-electron chi connectivity index (χ3n) is 10.3. The van der Waals surface area contributed by atoms with Gasteiger partial charge in [-0.25, -0.2) is 19.9 Å². The lowest BCUT2D eigenvalue weighted by Crippen LogP contribution is -2.69. The van der Waals surface area contributed by atoms with Crippen LogP contribution in [-0.4, -0.2) is 19.9 Å². The van der Waals surface area contributed by atoms with Gasteiger partial charge in [0.2, 0.25) is 5.69 Å². The molecule has 0 bridgehead atoms. The van der Waals surface area contributed by atoms with Crippen molar-refractivity contribution in [3.8, 4) is 56.3 Å². The first-order valence-corrected chi connectivity index (χ1v) is 16.5. The van der Waals surface area contributed by atoms with E-state index in [0.717, 1.165) is 47.9 Å². The van der Waals surface area contributed by atoms with Gasteiger partial charge in [0, 0.05) is 60.9 Å². The van der Waals surface area contributed by atoms with Crippen LogP contribution in [0.4, 0.5) is 0 Å². The fourth-order valence-corrected chi connectivity index (χ4v) is 7.86. The van der Waals surface area contributed by atoms with Crippen molar-refractivity contribution in [2.75, 3.05) is 0 Å². The third-order valence-corrected chi connectivity index (χ3v) is 10.3. The van der Waals surface area contributed by atoms with Gasteiger partial charge in [0.15, 0.2) is 23.4 Å². The highest BCUT2D eigenvalue weighted by atomic mass is 15.1. The van der Waals surface area contributed by atoms with Crippen molar-refractivity contribution in [2.45, 2.75) is 64.3 Å². The van der Waals surface area contributed by atoms with Gasteiger partial charge in [0.05, 0.1) is 11.0 Å². The van der Waals surface area contributed by atoms with Crippen molar-refractivity contribution in [3.05, 3.63) is 128 Å². The molecular formula is C41H40N5+. The van der Waals surface area contributed by atoms with Crippen LogP contribution in [0.5, 0.6) is 0 Å². The molecule has 228 valence electrons. The molecule has 1 aliphatic rings. The summed E-state index contributed by atoms with van der Waals surface area (Å²) in [5, 5.41) is 0. The van der Waals surface area contributed by atoms with Crippen LogP contribution in [-0.2, 0) is 11.0 Å². The highest BCUT2D eigenvalue weighted by Crippen LogP contribution is 2.52. The maximum atomic E-state index is 4.54. The summed E-state index contributed by atoms with van der Waals surface area (Å²) in [4.78, 5) is 18.1. The van der Waals surface area contributed by atoms with Gasteiger partial charge in [-0.15, -0.1) is 0 Å². The Bertz CT molecular complexity index is 1950. The summed E-state index contributed by atoms with van der Waals surface area (Å²) in [7, 11) is 0. The Kier molecular flexibility index (Phi) is 7.77. The molecule has 0 saturated carbocycles. The van der Waals surface area contributed by atoms with Gasteiger partial charge in [0.1, 0.15) is 0 Å². The molecule has 5 nitrogen and oxygen atoms in total. The number of fused-ring (bicyclic) bond motifs is 3. The molecule has 0 radical (unpaired) electrons. The van der Waals surface area contributed by atoms with Gasteiger partial charge >= 0.3 is 0 Å². The molecule has 0 spiro atoms. The SMILES string of the molecule is CCCC1(CC)[n+]2ccccc2-c2cc(-c3cccc(-c4cc(-c5ncccn5)cc(-c5ncccn5)c4)c3)ccc2C1(C)CC. The minimum Gasteiger partial charge on any atom is -0.237 e. The topological polar surface area (TPSA) is 55.4 Å². The van der Waals surface area contributed by atoms with Crippen LogP contribution in [0.3, 0.4) is 0 Å². The first kappa shape index (κ1) is 29.7. The van der Waals surface area contributed by atoms with E-state index < -0.39 is 0 Å². The Morgan fingerprint density at radius 1 is 0.565 bits per heavy atom. The van der Waals surface area contributed by atoms with Gasteiger partial charge in [-0.1, -0.05) is 51.1 Å². The van der Waals surface area contributed by atoms with Crippen molar-refractivity contribution in [2.24, 2.45) is 0 Å². The van der Waals surface area contributed by atoms with Gasteiger partial charge in [-0.3, -0.25) is 0 Å². The smallest absolute Gasteiger partial charge is 0.213 e. The van der Waals surface area contributed by atoms with Crippen LogP contribution in [0.1, 0.15) is 58.9 Å². The second-order valence-corrected chi connectivity index (χ2v) is 12.6. The molecule has 3 aromatic heterocycles. The molecule has 0 aliphatic carbocycles. The molecule has 46 heavy (non-hydrogen) atoms. The van der Waals surface area contributed by atoms with Gasteiger partial charge in [-0.2, -0.15) is 4.57 Å². The van der Waals surface area contributed by atoms with E-state index in [2.05, 4.69) is 137 Å². The maximum absolute atomic E-state index is 4.54. The average molecular weight is 603 g/mol.